The maximum absolute atomic E-state index is 11.9. The van der Waals surface area contributed by atoms with Crippen LogP contribution in [0.4, 0.5) is 5.00 Å². The minimum Gasteiger partial charge on any atom is -0.478 e. The van der Waals surface area contributed by atoms with Crippen LogP contribution in [-0.2, 0) is 17.6 Å². The number of carbonyl (C=O) groups is 2. The van der Waals surface area contributed by atoms with E-state index in [0.29, 0.717) is 17.0 Å². The zero-order chi connectivity index (χ0) is 14.5. The minimum atomic E-state index is -0.925. The molecule has 2 rings (SSSR count). The number of hydrogen-bond acceptors (Lipinski definition) is 3. The van der Waals surface area contributed by atoms with E-state index in [0.717, 1.165) is 55.4 Å². The van der Waals surface area contributed by atoms with Gasteiger partial charge in [-0.25, -0.2) is 4.79 Å². The zero-order valence-corrected chi connectivity index (χ0v) is 12.6. The second-order valence-corrected chi connectivity index (χ2v) is 6.33. The lowest BCUT2D eigenvalue weighted by atomic mass is 10.1. The number of hydrogen-bond donors (Lipinski definition) is 2. The summed E-state index contributed by atoms with van der Waals surface area (Å²) in [5, 5.41) is 12.7. The number of anilines is 1. The predicted molar refractivity (Wildman–Crippen MR) is 80.7 cm³/mol. The van der Waals surface area contributed by atoms with Crippen molar-refractivity contribution in [3.05, 3.63) is 16.0 Å². The van der Waals surface area contributed by atoms with E-state index in [2.05, 4.69) is 12.2 Å². The van der Waals surface area contributed by atoms with Crippen LogP contribution in [0.2, 0.25) is 0 Å². The Morgan fingerprint density at radius 1 is 1.25 bits per heavy atom. The van der Waals surface area contributed by atoms with Crippen LogP contribution in [0.15, 0.2) is 0 Å². The molecule has 20 heavy (non-hydrogen) atoms. The number of carboxylic acid groups (broad SMARTS) is 1. The largest absolute Gasteiger partial charge is 0.478 e. The van der Waals surface area contributed by atoms with Gasteiger partial charge in [0.05, 0.1) is 5.56 Å². The van der Waals surface area contributed by atoms with Gasteiger partial charge < -0.3 is 10.4 Å². The summed E-state index contributed by atoms with van der Waals surface area (Å²) < 4.78 is 0. The molecule has 4 nitrogen and oxygen atoms in total. The Bertz CT molecular complexity index is 507. The lowest BCUT2D eigenvalue weighted by molar-refractivity contribution is -0.116. The van der Waals surface area contributed by atoms with E-state index in [1.165, 1.54) is 11.3 Å². The van der Waals surface area contributed by atoms with Gasteiger partial charge in [-0.15, -0.1) is 11.3 Å². The highest BCUT2D eigenvalue weighted by molar-refractivity contribution is 7.17. The Morgan fingerprint density at radius 2 is 2.05 bits per heavy atom. The van der Waals surface area contributed by atoms with Crippen LogP contribution in [0, 0.1) is 0 Å². The van der Waals surface area contributed by atoms with Crippen LogP contribution in [-0.4, -0.2) is 17.0 Å². The normalized spacial score (nSPS) is 13.2. The quantitative estimate of drug-likeness (QED) is 0.751. The maximum atomic E-state index is 11.9. The molecular formula is C15H21NO3S. The van der Waals surface area contributed by atoms with Crippen LogP contribution >= 0.6 is 11.3 Å². The summed E-state index contributed by atoms with van der Waals surface area (Å²) in [5.74, 6) is -0.991. The number of unbranched alkanes of at least 4 members (excludes halogenated alkanes) is 3. The van der Waals surface area contributed by atoms with Gasteiger partial charge in [0.15, 0.2) is 0 Å². The van der Waals surface area contributed by atoms with Gasteiger partial charge in [0.25, 0.3) is 0 Å². The molecule has 1 aromatic rings. The van der Waals surface area contributed by atoms with E-state index in [4.69, 9.17) is 0 Å². The number of carboxylic acids is 1. The third kappa shape index (κ3) is 3.39. The highest BCUT2D eigenvalue weighted by Crippen LogP contribution is 2.39. The fraction of sp³-hybridized carbons (Fsp3) is 0.600. The highest BCUT2D eigenvalue weighted by atomic mass is 32.1. The first-order valence-electron chi connectivity index (χ1n) is 7.31. The summed E-state index contributed by atoms with van der Waals surface area (Å²) in [5.41, 5.74) is 1.26. The first kappa shape index (κ1) is 15.0. The average Bonchev–Trinajstić information content (AvgIpc) is 2.94. The van der Waals surface area contributed by atoms with Gasteiger partial charge in [-0.1, -0.05) is 26.2 Å². The summed E-state index contributed by atoms with van der Waals surface area (Å²) >= 11 is 1.44. The van der Waals surface area contributed by atoms with E-state index in [1.54, 1.807) is 0 Å². The molecule has 1 heterocycles. The molecular weight excluding hydrogens is 274 g/mol. The molecule has 0 radical (unpaired) electrons. The van der Waals surface area contributed by atoms with Gasteiger partial charge in [-0.05, 0) is 31.2 Å². The molecule has 0 aliphatic heterocycles. The number of fused-ring (bicyclic) bond motifs is 1. The van der Waals surface area contributed by atoms with E-state index in [1.807, 2.05) is 0 Å². The molecule has 0 unspecified atom stereocenters. The van der Waals surface area contributed by atoms with Crippen molar-refractivity contribution in [2.24, 2.45) is 0 Å². The SMILES string of the molecule is CCCCCCC(=O)Nc1sc2c(c1C(=O)O)CCC2. The van der Waals surface area contributed by atoms with Crippen molar-refractivity contribution < 1.29 is 14.7 Å². The van der Waals surface area contributed by atoms with Crippen LogP contribution in [0.1, 0.15) is 66.2 Å². The van der Waals surface area contributed by atoms with Gasteiger partial charge in [0, 0.05) is 11.3 Å². The number of rotatable bonds is 7. The van der Waals surface area contributed by atoms with E-state index in [9.17, 15) is 14.7 Å². The van der Waals surface area contributed by atoms with Crippen LogP contribution in [0.3, 0.4) is 0 Å². The van der Waals surface area contributed by atoms with E-state index >= 15 is 0 Å². The Hall–Kier alpha value is -1.36. The minimum absolute atomic E-state index is 0.0662. The smallest absolute Gasteiger partial charge is 0.339 e. The third-order valence-corrected chi connectivity index (χ3v) is 4.85. The summed E-state index contributed by atoms with van der Waals surface area (Å²) in [6, 6.07) is 0. The first-order chi connectivity index (χ1) is 9.63. The second kappa shape index (κ2) is 6.88. The molecule has 1 aliphatic rings. The molecule has 1 aromatic heterocycles. The van der Waals surface area contributed by atoms with Gasteiger partial charge in [-0.2, -0.15) is 0 Å². The molecule has 0 saturated heterocycles. The van der Waals surface area contributed by atoms with Crippen LogP contribution < -0.4 is 5.32 Å². The van der Waals surface area contributed by atoms with Gasteiger partial charge in [0.2, 0.25) is 5.91 Å². The van der Waals surface area contributed by atoms with Crippen molar-refractivity contribution in [1.29, 1.82) is 0 Å². The Labute approximate surface area is 123 Å². The predicted octanol–water partition coefficient (Wildman–Crippen LogP) is 3.84. The molecule has 110 valence electrons. The monoisotopic (exact) mass is 295 g/mol. The lowest BCUT2D eigenvalue weighted by Crippen LogP contribution is -2.13. The zero-order valence-electron chi connectivity index (χ0n) is 11.8. The molecule has 0 spiro atoms. The summed E-state index contributed by atoms with van der Waals surface area (Å²) in [6.45, 7) is 2.13. The standard InChI is InChI=1S/C15H21NO3S/c1-2-3-4-5-9-12(17)16-14-13(15(18)19)10-7-6-8-11(10)20-14/h2-9H2,1H3,(H,16,17)(H,18,19). The fourth-order valence-electron chi connectivity index (χ4n) is 2.62. The summed E-state index contributed by atoms with van der Waals surface area (Å²) in [7, 11) is 0. The van der Waals surface area contributed by atoms with Crippen molar-refractivity contribution in [2.45, 2.75) is 58.3 Å². The molecule has 0 saturated carbocycles. The van der Waals surface area contributed by atoms with Crippen molar-refractivity contribution in [3.8, 4) is 0 Å². The highest BCUT2D eigenvalue weighted by Gasteiger charge is 2.26. The number of aryl methyl sites for hydroxylation is 1. The third-order valence-electron chi connectivity index (χ3n) is 3.65. The first-order valence-corrected chi connectivity index (χ1v) is 8.12. The Morgan fingerprint density at radius 3 is 2.75 bits per heavy atom. The van der Waals surface area contributed by atoms with Crippen molar-refractivity contribution >= 4 is 28.2 Å². The summed E-state index contributed by atoms with van der Waals surface area (Å²) in [6.07, 6.45) is 7.45. The van der Waals surface area contributed by atoms with Crippen LogP contribution in [0.25, 0.3) is 0 Å². The average molecular weight is 295 g/mol. The Balaban J connectivity index is 1.99. The maximum Gasteiger partial charge on any atom is 0.339 e. The number of amides is 1. The number of aromatic carboxylic acids is 1. The topological polar surface area (TPSA) is 66.4 Å². The van der Waals surface area contributed by atoms with E-state index in [-0.39, 0.29) is 5.91 Å². The second-order valence-electron chi connectivity index (χ2n) is 5.23. The van der Waals surface area contributed by atoms with Crippen molar-refractivity contribution in [2.75, 3.05) is 5.32 Å². The van der Waals surface area contributed by atoms with Gasteiger partial charge in [-0.3, -0.25) is 4.79 Å². The molecule has 0 bridgehead atoms. The Kier molecular flexibility index (Phi) is 5.17. The number of nitrogens with one attached hydrogen (secondary N) is 1. The van der Waals surface area contributed by atoms with Crippen LogP contribution in [0.5, 0.6) is 0 Å². The lowest BCUT2D eigenvalue weighted by Gasteiger charge is -2.05. The molecule has 0 fully saturated rings. The number of thiophene rings is 1. The summed E-state index contributed by atoms with van der Waals surface area (Å²) in [4.78, 5) is 24.4. The molecule has 0 atom stereocenters. The van der Waals surface area contributed by atoms with Gasteiger partial charge >= 0.3 is 5.97 Å². The van der Waals surface area contributed by atoms with Crippen molar-refractivity contribution in [3.63, 3.8) is 0 Å². The fourth-order valence-corrected chi connectivity index (χ4v) is 3.92. The van der Waals surface area contributed by atoms with Crippen molar-refractivity contribution in [1.82, 2.24) is 0 Å². The van der Waals surface area contributed by atoms with E-state index < -0.39 is 5.97 Å². The molecule has 5 heteroatoms. The molecule has 0 aromatic carbocycles. The van der Waals surface area contributed by atoms with Gasteiger partial charge in [0.1, 0.15) is 5.00 Å². The number of carbonyl (C=O) groups excluding carboxylic acids is 1. The molecule has 1 aliphatic carbocycles. The molecule has 1 amide bonds. The molecule has 2 N–H and O–H groups in total.